The normalized spacial score (nSPS) is 8.36. The number of carbonyl (C=O) groups is 1. The molecular formula is C6H5MnNO3. The molecule has 0 aliphatic rings. The molecule has 0 bridgehead atoms. The van der Waals surface area contributed by atoms with Gasteiger partial charge in [0, 0.05) is 29.3 Å². The van der Waals surface area contributed by atoms with Crippen molar-refractivity contribution in [1.82, 2.24) is 4.98 Å². The molecule has 1 aromatic heterocycles. The fraction of sp³-hybridized carbons (Fsp3) is 0. The summed E-state index contributed by atoms with van der Waals surface area (Å²) >= 11 is 0. The molecule has 0 saturated carbocycles. The summed E-state index contributed by atoms with van der Waals surface area (Å²) < 4.78 is 0. The van der Waals surface area contributed by atoms with Crippen LogP contribution >= 0.6 is 0 Å². The van der Waals surface area contributed by atoms with Gasteiger partial charge in [0.05, 0.1) is 5.56 Å². The van der Waals surface area contributed by atoms with Crippen molar-refractivity contribution in [3.63, 3.8) is 0 Å². The molecule has 0 unspecified atom stereocenters. The smallest absolute Gasteiger partial charge is 0.335 e. The second kappa shape index (κ2) is 3.95. The quantitative estimate of drug-likeness (QED) is 0.638. The Hall–Kier alpha value is -1.06. The number of hydrogen-bond donors (Lipinski definition) is 2. The minimum atomic E-state index is -1.07. The van der Waals surface area contributed by atoms with Crippen LogP contribution in [0, 0.1) is 0 Å². The second-order valence-corrected chi connectivity index (χ2v) is 1.71. The van der Waals surface area contributed by atoms with Gasteiger partial charge >= 0.3 is 5.97 Å². The van der Waals surface area contributed by atoms with Gasteiger partial charge in [0.25, 0.3) is 0 Å². The maximum atomic E-state index is 10.2. The van der Waals surface area contributed by atoms with Crippen LogP contribution in [0.4, 0.5) is 0 Å². The number of aromatic carboxylic acids is 1. The number of nitrogens with zero attached hydrogens (tertiary/aromatic N) is 1. The Morgan fingerprint density at radius 2 is 2.18 bits per heavy atom. The average Bonchev–Trinajstić information content (AvgIpc) is 1.88. The molecule has 0 atom stereocenters. The first kappa shape index (κ1) is 9.94. The van der Waals surface area contributed by atoms with Crippen LogP contribution in [0.3, 0.4) is 0 Å². The first-order chi connectivity index (χ1) is 4.70. The van der Waals surface area contributed by atoms with Gasteiger partial charge in [-0.3, -0.25) is 0 Å². The summed E-state index contributed by atoms with van der Waals surface area (Å²) in [4.78, 5) is 13.6. The van der Waals surface area contributed by atoms with Crippen LogP contribution in [-0.4, -0.2) is 21.2 Å². The Morgan fingerprint density at radius 3 is 2.55 bits per heavy atom. The molecule has 0 saturated heterocycles. The number of aromatic hydroxyl groups is 1. The van der Waals surface area contributed by atoms with E-state index in [0.29, 0.717) is 0 Å². The molecule has 2 N–H and O–H groups in total. The van der Waals surface area contributed by atoms with E-state index in [1.807, 2.05) is 0 Å². The van der Waals surface area contributed by atoms with Crippen LogP contribution in [0.25, 0.3) is 0 Å². The molecule has 0 aliphatic carbocycles. The Kier molecular flexibility index (Phi) is 3.57. The van der Waals surface area contributed by atoms with E-state index in [9.17, 15) is 4.79 Å². The first-order valence-corrected chi connectivity index (χ1v) is 2.58. The SMILES string of the molecule is O=C(O)c1ccnc(O)c1.[Mn]. The number of carboxylic acids is 1. The van der Waals surface area contributed by atoms with E-state index in [0.717, 1.165) is 6.07 Å². The molecule has 0 fully saturated rings. The van der Waals surface area contributed by atoms with Crippen molar-refractivity contribution in [3.05, 3.63) is 23.9 Å². The van der Waals surface area contributed by atoms with E-state index in [2.05, 4.69) is 4.98 Å². The molecular weight excluding hydrogens is 189 g/mol. The molecule has 1 rings (SSSR count). The third-order valence-electron chi connectivity index (χ3n) is 0.992. The van der Waals surface area contributed by atoms with Crippen molar-refractivity contribution in [2.75, 3.05) is 0 Å². The van der Waals surface area contributed by atoms with Crippen LogP contribution < -0.4 is 0 Å². The van der Waals surface area contributed by atoms with Gasteiger partial charge in [-0.2, -0.15) is 0 Å². The van der Waals surface area contributed by atoms with E-state index < -0.39 is 5.97 Å². The topological polar surface area (TPSA) is 70.4 Å². The Balaban J connectivity index is 0.000001000. The number of rotatable bonds is 1. The van der Waals surface area contributed by atoms with Crippen molar-refractivity contribution in [2.45, 2.75) is 0 Å². The summed E-state index contributed by atoms with van der Waals surface area (Å²) in [7, 11) is 0. The van der Waals surface area contributed by atoms with Crippen LogP contribution in [0.1, 0.15) is 10.4 Å². The van der Waals surface area contributed by atoms with Crippen LogP contribution in [0.2, 0.25) is 0 Å². The molecule has 0 aromatic carbocycles. The van der Waals surface area contributed by atoms with Crippen LogP contribution in [0.5, 0.6) is 5.88 Å². The standard InChI is InChI=1S/C6H5NO3.Mn/c8-5-3-4(6(9)10)1-2-7-5;/h1-3H,(H,7,8)(H,9,10);. The zero-order valence-electron chi connectivity index (χ0n) is 5.36. The summed E-state index contributed by atoms with van der Waals surface area (Å²) in [6.07, 6.45) is 1.23. The third kappa shape index (κ3) is 2.57. The van der Waals surface area contributed by atoms with E-state index in [1.54, 1.807) is 0 Å². The molecule has 1 radical (unpaired) electrons. The second-order valence-electron chi connectivity index (χ2n) is 1.71. The molecule has 0 aliphatic heterocycles. The maximum Gasteiger partial charge on any atom is 0.335 e. The first-order valence-electron chi connectivity index (χ1n) is 2.58. The number of aromatic nitrogens is 1. The summed E-state index contributed by atoms with van der Waals surface area (Å²) in [5.41, 5.74) is 0.0347. The Morgan fingerprint density at radius 1 is 1.55 bits per heavy atom. The van der Waals surface area contributed by atoms with Gasteiger partial charge in [-0.05, 0) is 6.07 Å². The molecule has 59 valence electrons. The van der Waals surface area contributed by atoms with E-state index in [1.165, 1.54) is 12.3 Å². The van der Waals surface area contributed by atoms with Crippen LogP contribution in [0.15, 0.2) is 18.3 Å². The van der Waals surface area contributed by atoms with Crippen molar-refractivity contribution >= 4 is 5.97 Å². The largest absolute Gasteiger partial charge is 0.493 e. The molecule has 1 aromatic rings. The van der Waals surface area contributed by atoms with Gasteiger partial charge in [-0.25, -0.2) is 9.78 Å². The van der Waals surface area contributed by atoms with E-state index in [-0.39, 0.29) is 28.5 Å². The van der Waals surface area contributed by atoms with Gasteiger partial charge in [0.1, 0.15) is 0 Å². The summed E-state index contributed by atoms with van der Waals surface area (Å²) in [5.74, 6) is -1.35. The zero-order valence-corrected chi connectivity index (χ0v) is 6.54. The molecule has 4 nitrogen and oxygen atoms in total. The minimum Gasteiger partial charge on any atom is -0.493 e. The fourth-order valence-corrected chi connectivity index (χ4v) is 0.551. The number of carboxylic acid groups (broad SMARTS) is 1. The summed E-state index contributed by atoms with van der Waals surface area (Å²) in [6.45, 7) is 0. The van der Waals surface area contributed by atoms with Gasteiger partial charge in [0.15, 0.2) is 0 Å². The molecule has 0 amide bonds. The summed E-state index contributed by atoms with van der Waals surface area (Å²) in [5, 5.41) is 17.1. The number of pyridine rings is 1. The molecule has 1 heterocycles. The third-order valence-corrected chi connectivity index (χ3v) is 0.992. The summed E-state index contributed by atoms with van der Waals surface area (Å²) in [6, 6.07) is 2.39. The van der Waals surface area contributed by atoms with Gasteiger partial charge in [-0.1, -0.05) is 0 Å². The Labute approximate surface area is 73.4 Å². The van der Waals surface area contributed by atoms with E-state index >= 15 is 0 Å². The van der Waals surface area contributed by atoms with Crippen molar-refractivity contribution < 1.29 is 32.1 Å². The van der Waals surface area contributed by atoms with Crippen molar-refractivity contribution in [2.24, 2.45) is 0 Å². The predicted octanol–water partition coefficient (Wildman–Crippen LogP) is 0.483. The van der Waals surface area contributed by atoms with Gasteiger partial charge in [0.2, 0.25) is 5.88 Å². The fourth-order valence-electron chi connectivity index (χ4n) is 0.551. The molecule has 0 spiro atoms. The Bertz CT molecular complexity index is 264. The monoisotopic (exact) mass is 194 g/mol. The number of hydrogen-bond acceptors (Lipinski definition) is 3. The molecule has 11 heavy (non-hydrogen) atoms. The maximum absolute atomic E-state index is 10.2. The van der Waals surface area contributed by atoms with Crippen molar-refractivity contribution in [1.29, 1.82) is 0 Å². The van der Waals surface area contributed by atoms with Gasteiger partial charge in [-0.15, -0.1) is 0 Å². The average molecular weight is 194 g/mol. The predicted molar refractivity (Wildman–Crippen MR) is 32.9 cm³/mol. The molecule has 5 heteroatoms. The van der Waals surface area contributed by atoms with E-state index in [4.69, 9.17) is 10.2 Å². The van der Waals surface area contributed by atoms with Crippen LogP contribution in [-0.2, 0) is 17.1 Å². The van der Waals surface area contributed by atoms with Gasteiger partial charge < -0.3 is 10.2 Å². The zero-order chi connectivity index (χ0) is 7.56. The minimum absolute atomic E-state index is 0. The van der Waals surface area contributed by atoms with Crippen molar-refractivity contribution in [3.8, 4) is 5.88 Å².